The van der Waals surface area contributed by atoms with E-state index in [1.54, 1.807) is 10.7 Å². The van der Waals surface area contributed by atoms with E-state index in [-0.39, 0.29) is 0 Å². The van der Waals surface area contributed by atoms with Crippen LogP contribution in [-0.4, -0.2) is 65.8 Å². The molecule has 5 rings (SSSR count). The molecule has 1 saturated heterocycles. The molecule has 1 aliphatic rings. The number of aromatic nitrogens is 7. The van der Waals surface area contributed by atoms with Crippen LogP contribution in [-0.2, 0) is 13.0 Å². The smallest absolute Gasteiger partial charge is 0.272 e. The van der Waals surface area contributed by atoms with E-state index in [1.807, 2.05) is 19.9 Å². The second-order valence-electron chi connectivity index (χ2n) is 7.72. The highest BCUT2D eigenvalue weighted by atomic mass is 15.4. The van der Waals surface area contributed by atoms with Crippen LogP contribution in [0.5, 0.6) is 0 Å². The molecule has 1 aliphatic heterocycles. The van der Waals surface area contributed by atoms with Crippen molar-refractivity contribution < 1.29 is 0 Å². The molecule has 0 aliphatic carbocycles. The molecule has 0 atom stereocenters. The molecule has 4 aromatic rings. The Bertz CT molecular complexity index is 1180. The summed E-state index contributed by atoms with van der Waals surface area (Å²) in [5, 5.41) is 13.1. The van der Waals surface area contributed by atoms with Crippen LogP contribution in [0.3, 0.4) is 0 Å². The monoisotopic (exact) mass is 415 g/mol. The predicted molar refractivity (Wildman–Crippen MR) is 118 cm³/mol. The van der Waals surface area contributed by atoms with Crippen LogP contribution < -0.4 is 4.90 Å². The van der Waals surface area contributed by atoms with Crippen molar-refractivity contribution in [2.75, 3.05) is 31.1 Å². The van der Waals surface area contributed by atoms with Crippen LogP contribution in [0.25, 0.3) is 17.2 Å². The lowest BCUT2D eigenvalue weighted by atomic mass is 10.2. The molecule has 0 saturated carbocycles. The van der Waals surface area contributed by atoms with Gasteiger partial charge in [-0.05, 0) is 18.6 Å². The van der Waals surface area contributed by atoms with E-state index in [4.69, 9.17) is 4.98 Å². The van der Waals surface area contributed by atoms with Crippen LogP contribution in [0.4, 0.5) is 5.95 Å². The highest BCUT2D eigenvalue weighted by Crippen LogP contribution is 2.21. The zero-order valence-corrected chi connectivity index (χ0v) is 17.8. The lowest BCUT2D eigenvalue weighted by Gasteiger charge is -2.34. The van der Waals surface area contributed by atoms with Gasteiger partial charge >= 0.3 is 0 Å². The van der Waals surface area contributed by atoms with Crippen LogP contribution in [0, 0.1) is 6.92 Å². The maximum atomic E-state index is 4.80. The lowest BCUT2D eigenvalue weighted by Crippen LogP contribution is -2.46. The van der Waals surface area contributed by atoms with Gasteiger partial charge in [-0.2, -0.15) is 9.50 Å². The normalized spacial score (nSPS) is 15.0. The first-order chi connectivity index (χ1) is 15.2. The standard InChI is InChI=1S/C22H25N9/c1-3-19-25-22-27-26-20(16(2)31(22)28-19)18-9-10-23-21(24-18)30-13-11-29(12-14-30)15-17-7-5-4-6-8-17/h4-10H,3,11-15H2,1-2H3. The fraction of sp³-hybridized carbons (Fsp3) is 0.364. The Balaban J connectivity index is 1.33. The molecule has 0 radical (unpaired) electrons. The number of piperazine rings is 1. The molecule has 158 valence electrons. The Morgan fingerprint density at radius 1 is 0.935 bits per heavy atom. The molecule has 0 N–H and O–H groups in total. The molecule has 4 heterocycles. The van der Waals surface area contributed by atoms with Gasteiger partial charge in [0.1, 0.15) is 5.69 Å². The lowest BCUT2D eigenvalue weighted by molar-refractivity contribution is 0.248. The molecular formula is C22H25N9. The number of benzene rings is 1. The summed E-state index contributed by atoms with van der Waals surface area (Å²) in [6.45, 7) is 8.70. The number of fused-ring (bicyclic) bond motifs is 1. The number of aryl methyl sites for hydroxylation is 2. The van der Waals surface area contributed by atoms with Crippen LogP contribution in [0.1, 0.15) is 24.0 Å². The number of hydrogen-bond donors (Lipinski definition) is 0. The van der Waals surface area contributed by atoms with Gasteiger partial charge in [0.25, 0.3) is 5.78 Å². The summed E-state index contributed by atoms with van der Waals surface area (Å²) in [4.78, 5) is 18.4. The Labute approximate surface area is 180 Å². The second-order valence-corrected chi connectivity index (χ2v) is 7.72. The van der Waals surface area contributed by atoms with Crippen molar-refractivity contribution in [1.82, 2.24) is 39.7 Å². The van der Waals surface area contributed by atoms with E-state index >= 15 is 0 Å². The molecule has 9 heteroatoms. The van der Waals surface area contributed by atoms with Crippen molar-refractivity contribution in [3.05, 3.63) is 59.7 Å². The average Bonchev–Trinajstić information content (AvgIpc) is 3.25. The van der Waals surface area contributed by atoms with E-state index in [0.717, 1.165) is 62.3 Å². The maximum Gasteiger partial charge on any atom is 0.272 e. The van der Waals surface area contributed by atoms with Gasteiger partial charge in [0.05, 0.1) is 11.4 Å². The molecule has 0 bridgehead atoms. The SMILES string of the molecule is CCc1nc2nnc(-c3ccnc(N4CCN(Cc5ccccc5)CC4)n3)c(C)n2n1. The van der Waals surface area contributed by atoms with Crippen LogP contribution in [0.15, 0.2) is 42.6 Å². The summed E-state index contributed by atoms with van der Waals surface area (Å²) in [7, 11) is 0. The van der Waals surface area contributed by atoms with Gasteiger partial charge in [-0.3, -0.25) is 4.90 Å². The van der Waals surface area contributed by atoms with Crippen LogP contribution in [0.2, 0.25) is 0 Å². The van der Waals surface area contributed by atoms with E-state index in [9.17, 15) is 0 Å². The van der Waals surface area contributed by atoms with Gasteiger partial charge in [-0.1, -0.05) is 37.3 Å². The maximum absolute atomic E-state index is 4.80. The van der Waals surface area contributed by atoms with Crippen molar-refractivity contribution >= 4 is 11.7 Å². The van der Waals surface area contributed by atoms with Gasteiger partial charge in [0.15, 0.2) is 5.82 Å². The molecular weight excluding hydrogens is 390 g/mol. The summed E-state index contributed by atoms with van der Waals surface area (Å²) in [6, 6.07) is 12.5. The molecule has 9 nitrogen and oxygen atoms in total. The summed E-state index contributed by atoms with van der Waals surface area (Å²) >= 11 is 0. The quantitative estimate of drug-likeness (QED) is 0.490. The van der Waals surface area contributed by atoms with Gasteiger partial charge < -0.3 is 4.90 Å². The zero-order chi connectivity index (χ0) is 21.2. The zero-order valence-electron chi connectivity index (χ0n) is 17.8. The molecule has 1 aromatic carbocycles. The highest BCUT2D eigenvalue weighted by molar-refractivity contribution is 5.58. The van der Waals surface area contributed by atoms with Crippen molar-refractivity contribution in [1.29, 1.82) is 0 Å². The van der Waals surface area contributed by atoms with Crippen molar-refractivity contribution in [2.24, 2.45) is 0 Å². The topological polar surface area (TPSA) is 88.2 Å². The first kappa shape index (κ1) is 19.5. The third-order valence-electron chi connectivity index (χ3n) is 5.64. The summed E-state index contributed by atoms with van der Waals surface area (Å²) in [5.41, 5.74) is 3.66. The fourth-order valence-electron chi connectivity index (χ4n) is 3.87. The van der Waals surface area contributed by atoms with Gasteiger partial charge in [-0.15, -0.1) is 15.3 Å². The number of anilines is 1. The molecule has 0 spiro atoms. The number of rotatable bonds is 5. The fourth-order valence-corrected chi connectivity index (χ4v) is 3.87. The van der Waals surface area contributed by atoms with Crippen molar-refractivity contribution in [3.8, 4) is 11.4 Å². The average molecular weight is 416 g/mol. The number of nitrogens with zero attached hydrogens (tertiary/aromatic N) is 9. The van der Waals surface area contributed by atoms with E-state index in [2.05, 4.69) is 65.4 Å². The highest BCUT2D eigenvalue weighted by Gasteiger charge is 2.20. The molecule has 31 heavy (non-hydrogen) atoms. The second kappa shape index (κ2) is 8.35. The minimum absolute atomic E-state index is 0.516. The Hall–Kier alpha value is -3.46. The van der Waals surface area contributed by atoms with E-state index in [1.165, 1.54) is 5.56 Å². The third-order valence-corrected chi connectivity index (χ3v) is 5.64. The number of hydrogen-bond acceptors (Lipinski definition) is 8. The largest absolute Gasteiger partial charge is 0.338 e. The van der Waals surface area contributed by atoms with E-state index in [0.29, 0.717) is 11.5 Å². The van der Waals surface area contributed by atoms with Gasteiger partial charge in [0.2, 0.25) is 5.95 Å². The summed E-state index contributed by atoms with van der Waals surface area (Å²) in [6.07, 6.45) is 2.55. The summed E-state index contributed by atoms with van der Waals surface area (Å²) < 4.78 is 1.74. The molecule has 1 fully saturated rings. The van der Waals surface area contributed by atoms with Gasteiger partial charge in [-0.25, -0.2) is 9.97 Å². The Morgan fingerprint density at radius 2 is 1.74 bits per heavy atom. The van der Waals surface area contributed by atoms with E-state index < -0.39 is 0 Å². The minimum atomic E-state index is 0.516. The molecule has 0 unspecified atom stereocenters. The van der Waals surface area contributed by atoms with Crippen molar-refractivity contribution in [3.63, 3.8) is 0 Å². The summed E-state index contributed by atoms with van der Waals surface area (Å²) in [5.74, 6) is 2.00. The van der Waals surface area contributed by atoms with Gasteiger partial charge in [0, 0.05) is 45.3 Å². The first-order valence-electron chi connectivity index (χ1n) is 10.6. The Morgan fingerprint density at radius 3 is 2.52 bits per heavy atom. The molecule has 3 aromatic heterocycles. The first-order valence-corrected chi connectivity index (χ1v) is 10.6. The minimum Gasteiger partial charge on any atom is -0.338 e. The van der Waals surface area contributed by atoms with Crippen LogP contribution >= 0.6 is 0 Å². The van der Waals surface area contributed by atoms with Crippen molar-refractivity contribution in [2.45, 2.75) is 26.8 Å². The Kier molecular flexibility index (Phi) is 5.25. The molecule has 0 amide bonds. The third kappa shape index (κ3) is 3.96. The predicted octanol–water partition coefficient (Wildman–Crippen LogP) is 2.17.